The van der Waals surface area contributed by atoms with Crippen molar-refractivity contribution in [3.05, 3.63) is 0 Å². The highest BCUT2D eigenvalue weighted by Crippen LogP contribution is 2.27. The smallest absolute Gasteiger partial charge is 0.392 e. The van der Waals surface area contributed by atoms with Gasteiger partial charge in [0.1, 0.15) is 48.7 Å². The molecule has 0 aromatic rings. The molecular weight excluding hydrogens is 280 g/mol. The van der Waals surface area contributed by atoms with Crippen LogP contribution in [0.2, 0.25) is 0 Å². The zero-order valence-electron chi connectivity index (χ0n) is 10.2. The molecule has 1 saturated heterocycles. The van der Waals surface area contributed by atoms with Gasteiger partial charge >= 0.3 is 5.30 Å². The zero-order valence-corrected chi connectivity index (χ0v) is 11.1. The summed E-state index contributed by atoms with van der Waals surface area (Å²) in [4.78, 5) is 10.4. The summed E-state index contributed by atoms with van der Waals surface area (Å²) in [6.45, 7) is 1.15. The molecule has 19 heavy (non-hydrogen) atoms. The van der Waals surface area contributed by atoms with Gasteiger partial charge < -0.3 is 30.3 Å². The number of aliphatic hydroxyl groups excluding tert-OH is 4. The fraction of sp³-hybridized carbons (Fsp3) is 0.900. The van der Waals surface area contributed by atoms with Crippen LogP contribution >= 0.6 is 12.0 Å². The fourth-order valence-corrected chi connectivity index (χ4v) is 2.35. The van der Waals surface area contributed by atoms with Crippen molar-refractivity contribution >= 4 is 17.3 Å². The van der Waals surface area contributed by atoms with E-state index in [4.69, 9.17) is 19.1 Å². The van der Waals surface area contributed by atoms with Crippen LogP contribution in [0.25, 0.3) is 0 Å². The van der Waals surface area contributed by atoms with E-state index in [1.54, 1.807) is 6.92 Å². The van der Waals surface area contributed by atoms with Gasteiger partial charge in [0, 0.05) is 0 Å². The number of carbonyl (C=O) groups is 1. The molecule has 1 aliphatic rings. The lowest BCUT2D eigenvalue weighted by Gasteiger charge is -2.42. The third-order valence-corrected chi connectivity index (χ3v) is 3.43. The summed E-state index contributed by atoms with van der Waals surface area (Å²) in [5.41, 5.74) is 0. The van der Waals surface area contributed by atoms with Crippen molar-refractivity contribution in [1.29, 1.82) is 0 Å². The lowest BCUT2D eigenvalue weighted by atomic mass is 9.92. The predicted molar refractivity (Wildman–Crippen MR) is 64.5 cm³/mol. The van der Waals surface area contributed by atoms with Crippen molar-refractivity contribution in [2.45, 2.75) is 50.0 Å². The Balaban J connectivity index is 2.74. The van der Waals surface area contributed by atoms with E-state index in [9.17, 15) is 20.1 Å². The first kappa shape index (κ1) is 16.6. The van der Waals surface area contributed by atoms with E-state index in [-0.39, 0.29) is 12.0 Å². The average Bonchev–Trinajstić information content (AvgIpc) is 2.38. The number of carboxylic acid groups (broad SMARTS) is 1. The molecule has 0 radical (unpaired) electrons. The van der Waals surface area contributed by atoms with E-state index < -0.39 is 48.5 Å². The van der Waals surface area contributed by atoms with Gasteiger partial charge in [-0.25, -0.2) is 4.79 Å². The summed E-state index contributed by atoms with van der Waals surface area (Å²) < 4.78 is 10.3. The van der Waals surface area contributed by atoms with Crippen LogP contribution in [0.5, 0.6) is 0 Å². The van der Waals surface area contributed by atoms with E-state index in [1.165, 1.54) is 0 Å². The Hall–Kier alpha value is -0.420. The third-order valence-electron chi connectivity index (χ3n) is 2.94. The van der Waals surface area contributed by atoms with Crippen LogP contribution in [-0.4, -0.2) is 74.1 Å². The van der Waals surface area contributed by atoms with E-state index in [1.807, 2.05) is 0 Å². The normalized spacial score (nSPS) is 37.0. The molecule has 8 nitrogen and oxygen atoms in total. The second-order valence-electron chi connectivity index (χ2n) is 4.19. The maximum Gasteiger partial charge on any atom is 0.392 e. The highest BCUT2D eigenvalue weighted by Gasteiger charge is 2.46. The monoisotopic (exact) mass is 298 g/mol. The topological polar surface area (TPSA) is 137 Å². The average molecular weight is 298 g/mol. The molecule has 112 valence electrons. The first-order chi connectivity index (χ1) is 8.92. The molecule has 0 spiro atoms. The quantitative estimate of drug-likeness (QED) is 0.402. The molecule has 0 saturated carbocycles. The summed E-state index contributed by atoms with van der Waals surface area (Å²) >= 11 is 0.189. The molecule has 2 unspecified atom stereocenters. The van der Waals surface area contributed by atoms with Crippen molar-refractivity contribution in [2.75, 3.05) is 6.61 Å². The molecule has 0 amide bonds. The Kier molecular flexibility index (Phi) is 6.47. The predicted octanol–water partition coefficient (Wildman–Crippen LogP) is -1.05. The second kappa shape index (κ2) is 7.39. The Morgan fingerprint density at radius 2 is 1.95 bits per heavy atom. The number of ether oxygens (including phenoxy) is 1. The fourth-order valence-electron chi connectivity index (χ4n) is 1.90. The van der Waals surface area contributed by atoms with Crippen LogP contribution in [0, 0.1) is 0 Å². The molecule has 0 bridgehead atoms. The maximum absolute atomic E-state index is 10.4. The lowest BCUT2D eigenvalue weighted by Crippen LogP contribution is -2.61. The number of hydrogen-bond donors (Lipinski definition) is 5. The largest absolute Gasteiger partial charge is 0.472 e. The van der Waals surface area contributed by atoms with E-state index in [0.717, 1.165) is 0 Å². The van der Waals surface area contributed by atoms with Crippen molar-refractivity contribution < 1.29 is 39.2 Å². The zero-order chi connectivity index (χ0) is 14.6. The summed E-state index contributed by atoms with van der Waals surface area (Å²) in [6.07, 6.45) is -6.92. The van der Waals surface area contributed by atoms with Crippen molar-refractivity contribution in [2.24, 2.45) is 0 Å². The van der Waals surface area contributed by atoms with Gasteiger partial charge in [-0.3, -0.25) is 4.18 Å². The van der Waals surface area contributed by atoms with Gasteiger partial charge in [-0.2, -0.15) is 0 Å². The number of aliphatic hydroxyl groups is 4. The SMILES string of the molecule is CCC(OSC(=O)O)C1O[C@H](CO)[C@H](O)[C@H](O)[C@H]1O. The molecule has 9 heteroatoms. The van der Waals surface area contributed by atoms with Gasteiger partial charge in [-0.1, -0.05) is 6.92 Å². The molecule has 0 aliphatic carbocycles. The molecule has 5 N–H and O–H groups in total. The Morgan fingerprint density at radius 1 is 1.32 bits per heavy atom. The summed E-state index contributed by atoms with van der Waals surface area (Å²) in [5, 5.41) is 45.4. The Bertz CT molecular complexity index is 299. The molecule has 1 aliphatic heterocycles. The molecule has 1 heterocycles. The first-order valence-corrected chi connectivity index (χ1v) is 6.53. The standard InChI is InChI=1S/C10H18O8S/c1-2-4(18-19-10(15)16)9-8(14)7(13)6(12)5(3-11)17-9/h4-9,11-14H,2-3H2,1H3,(H,15,16)/t4?,5-,6+,7+,8-,9?/m1/s1. The Labute approximate surface area is 114 Å². The first-order valence-electron chi connectivity index (χ1n) is 5.79. The van der Waals surface area contributed by atoms with Gasteiger partial charge in [-0.15, -0.1) is 0 Å². The molecular formula is C10H18O8S. The highest BCUT2D eigenvalue weighted by atomic mass is 32.2. The molecule has 1 rings (SSSR count). The lowest BCUT2D eigenvalue weighted by molar-refractivity contribution is -0.245. The van der Waals surface area contributed by atoms with E-state index in [0.29, 0.717) is 6.42 Å². The summed E-state index contributed by atoms with van der Waals surface area (Å²) in [5.74, 6) is 0. The summed E-state index contributed by atoms with van der Waals surface area (Å²) in [7, 11) is 0. The highest BCUT2D eigenvalue weighted by molar-refractivity contribution is 8.09. The van der Waals surface area contributed by atoms with Crippen LogP contribution in [-0.2, 0) is 8.92 Å². The molecule has 0 aromatic carbocycles. The van der Waals surface area contributed by atoms with Crippen LogP contribution in [0.1, 0.15) is 13.3 Å². The van der Waals surface area contributed by atoms with Crippen LogP contribution < -0.4 is 0 Å². The van der Waals surface area contributed by atoms with Crippen LogP contribution in [0.15, 0.2) is 0 Å². The minimum absolute atomic E-state index is 0.189. The maximum atomic E-state index is 10.4. The third kappa shape index (κ3) is 4.02. The van der Waals surface area contributed by atoms with Crippen LogP contribution in [0.4, 0.5) is 4.79 Å². The van der Waals surface area contributed by atoms with Crippen molar-refractivity contribution in [3.8, 4) is 0 Å². The van der Waals surface area contributed by atoms with Gasteiger partial charge in [0.15, 0.2) is 0 Å². The van der Waals surface area contributed by atoms with Crippen LogP contribution in [0.3, 0.4) is 0 Å². The van der Waals surface area contributed by atoms with Gasteiger partial charge in [0.05, 0.1) is 6.61 Å². The molecule has 6 atom stereocenters. The molecule has 0 aromatic heterocycles. The summed E-state index contributed by atoms with van der Waals surface area (Å²) in [6, 6.07) is 0. The van der Waals surface area contributed by atoms with Crippen molar-refractivity contribution in [3.63, 3.8) is 0 Å². The minimum atomic E-state index is -1.50. The van der Waals surface area contributed by atoms with Gasteiger partial charge in [0.2, 0.25) is 0 Å². The molecule has 1 fully saturated rings. The van der Waals surface area contributed by atoms with Gasteiger partial charge in [0.25, 0.3) is 0 Å². The number of rotatable bonds is 5. The Morgan fingerprint density at radius 3 is 2.42 bits per heavy atom. The second-order valence-corrected chi connectivity index (χ2v) is 4.89. The van der Waals surface area contributed by atoms with E-state index >= 15 is 0 Å². The van der Waals surface area contributed by atoms with Gasteiger partial charge in [-0.05, 0) is 6.42 Å². The number of hydrogen-bond acceptors (Lipinski definition) is 8. The van der Waals surface area contributed by atoms with Crippen molar-refractivity contribution in [1.82, 2.24) is 0 Å². The van der Waals surface area contributed by atoms with E-state index in [2.05, 4.69) is 0 Å². The minimum Gasteiger partial charge on any atom is -0.472 e.